The quantitative estimate of drug-likeness (QED) is 0.650. The SMILES string of the molecule is CNCCC(=O)N(C)CC1CC1. The summed E-state index contributed by atoms with van der Waals surface area (Å²) in [5.74, 6) is 1.06. The molecular weight excluding hydrogens is 152 g/mol. The Kier molecular flexibility index (Phi) is 3.53. The van der Waals surface area contributed by atoms with Crippen LogP contribution >= 0.6 is 0 Å². The Morgan fingerprint density at radius 2 is 2.25 bits per heavy atom. The molecular formula is C9H18N2O. The molecule has 1 rings (SSSR count). The van der Waals surface area contributed by atoms with E-state index in [1.54, 1.807) is 0 Å². The van der Waals surface area contributed by atoms with Crippen LogP contribution in [0.1, 0.15) is 19.3 Å². The first-order valence-corrected chi connectivity index (χ1v) is 4.62. The Morgan fingerprint density at radius 3 is 2.75 bits per heavy atom. The third kappa shape index (κ3) is 3.22. The summed E-state index contributed by atoms with van der Waals surface area (Å²) in [6.07, 6.45) is 3.24. The van der Waals surface area contributed by atoms with Crippen molar-refractivity contribution in [2.24, 2.45) is 5.92 Å². The zero-order chi connectivity index (χ0) is 8.97. The number of carbonyl (C=O) groups excluding carboxylic acids is 1. The van der Waals surface area contributed by atoms with Crippen LogP contribution in [0.5, 0.6) is 0 Å². The van der Waals surface area contributed by atoms with Gasteiger partial charge in [0.1, 0.15) is 0 Å². The van der Waals surface area contributed by atoms with Crippen LogP contribution in [0.2, 0.25) is 0 Å². The van der Waals surface area contributed by atoms with Crippen LogP contribution in [0.15, 0.2) is 0 Å². The number of hydrogen-bond acceptors (Lipinski definition) is 2. The van der Waals surface area contributed by atoms with Gasteiger partial charge in [-0.1, -0.05) is 0 Å². The van der Waals surface area contributed by atoms with Crippen molar-refractivity contribution in [3.05, 3.63) is 0 Å². The van der Waals surface area contributed by atoms with Crippen molar-refractivity contribution in [2.75, 3.05) is 27.2 Å². The molecule has 3 heteroatoms. The van der Waals surface area contributed by atoms with Crippen LogP contribution in [0, 0.1) is 5.92 Å². The van der Waals surface area contributed by atoms with Crippen molar-refractivity contribution in [2.45, 2.75) is 19.3 Å². The van der Waals surface area contributed by atoms with Gasteiger partial charge in [0.15, 0.2) is 0 Å². The molecule has 1 N–H and O–H groups in total. The van der Waals surface area contributed by atoms with Crippen LogP contribution < -0.4 is 5.32 Å². The highest BCUT2D eigenvalue weighted by atomic mass is 16.2. The molecule has 1 fully saturated rings. The summed E-state index contributed by atoms with van der Waals surface area (Å²) >= 11 is 0. The summed E-state index contributed by atoms with van der Waals surface area (Å²) in [6.45, 7) is 1.75. The second kappa shape index (κ2) is 4.45. The van der Waals surface area contributed by atoms with E-state index in [1.807, 2.05) is 19.0 Å². The van der Waals surface area contributed by atoms with Crippen molar-refractivity contribution in [3.63, 3.8) is 0 Å². The monoisotopic (exact) mass is 170 g/mol. The average molecular weight is 170 g/mol. The number of amides is 1. The van der Waals surface area contributed by atoms with Gasteiger partial charge in [0.2, 0.25) is 5.91 Å². The molecule has 0 unspecified atom stereocenters. The predicted molar refractivity (Wildman–Crippen MR) is 48.9 cm³/mol. The maximum Gasteiger partial charge on any atom is 0.223 e. The molecule has 0 aliphatic heterocycles. The minimum absolute atomic E-state index is 0.260. The molecule has 0 saturated heterocycles. The van der Waals surface area contributed by atoms with E-state index in [9.17, 15) is 4.79 Å². The molecule has 3 nitrogen and oxygen atoms in total. The summed E-state index contributed by atoms with van der Waals surface area (Å²) in [7, 11) is 3.77. The van der Waals surface area contributed by atoms with Crippen LogP contribution in [0.3, 0.4) is 0 Å². The lowest BCUT2D eigenvalue weighted by Gasteiger charge is -2.16. The predicted octanol–water partition coefficient (Wildman–Crippen LogP) is 0.464. The van der Waals surface area contributed by atoms with Gasteiger partial charge in [-0.3, -0.25) is 4.79 Å². The van der Waals surface area contributed by atoms with E-state index in [0.29, 0.717) is 6.42 Å². The smallest absolute Gasteiger partial charge is 0.223 e. The standard InChI is InChI=1S/C9H18N2O/c1-10-6-5-9(12)11(2)7-8-3-4-8/h8,10H,3-7H2,1-2H3. The van der Waals surface area contributed by atoms with Gasteiger partial charge in [-0.25, -0.2) is 0 Å². The fourth-order valence-corrected chi connectivity index (χ4v) is 1.21. The van der Waals surface area contributed by atoms with Crippen LogP contribution in [0.4, 0.5) is 0 Å². The topological polar surface area (TPSA) is 32.3 Å². The Labute approximate surface area is 74.1 Å². The molecule has 1 aliphatic carbocycles. The van der Waals surface area contributed by atoms with Gasteiger partial charge in [-0.15, -0.1) is 0 Å². The molecule has 70 valence electrons. The molecule has 12 heavy (non-hydrogen) atoms. The Hall–Kier alpha value is -0.570. The van der Waals surface area contributed by atoms with Crippen molar-refractivity contribution in [1.82, 2.24) is 10.2 Å². The molecule has 0 spiro atoms. The largest absolute Gasteiger partial charge is 0.345 e. The van der Waals surface area contributed by atoms with Gasteiger partial charge in [0.25, 0.3) is 0 Å². The van der Waals surface area contributed by atoms with E-state index in [-0.39, 0.29) is 5.91 Å². The summed E-state index contributed by atoms with van der Waals surface area (Å²) in [5, 5.41) is 2.97. The molecule has 0 radical (unpaired) electrons. The van der Waals surface area contributed by atoms with Gasteiger partial charge >= 0.3 is 0 Å². The summed E-state index contributed by atoms with van der Waals surface area (Å²) in [4.78, 5) is 13.2. The van der Waals surface area contributed by atoms with Crippen LogP contribution in [-0.2, 0) is 4.79 Å². The first-order chi connectivity index (χ1) is 5.74. The third-order valence-electron chi connectivity index (χ3n) is 2.24. The van der Waals surface area contributed by atoms with Gasteiger partial charge < -0.3 is 10.2 Å². The second-order valence-corrected chi connectivity index (χ2v) is 3.57. The summed E-state index contributed by atoms with van der Waals surface area (Å²) in [5.41, 5.74) is 0. The third-order valence-corrected chi connectivity index (χ3v) is 2.24. The molecule has 1 aliphatic rings. The maximum atomic E-state index is 11.4. The lowest BCUT2D eigenvalue weighted by molar-refractivity contribution is -0.130. The Bertz CT molecular complexity index is 155. The zero-order valence-electron chi connectivity index (χ0n) is 7.97. The van der Waals surface area contributed by atoms with Crippen molar-refractivity contribution < 1.29 is 4.79 Å². The van der Waals surface area contributed by atoms with E-state index >= 15 is 0 Å². The molecule has 1 saturated carbocycles. The number of carbonyl (C=O) groups is 1. The van der Waals surface area contributed by atoms with E-state index in [1.165, 1.54) is 12.8 Å². The van der Waals surface area contributed by atoms with Crippen LogP contribution in [-0.4, -0.2) is 38.0 Å². The van der Waals surface area contributed by atoms with Crippen molar-refractivity contribution in [1.29, 1.82) is 0 Å². The molecule has 0 aromatic rings. The van der Waals surface area contributed by atoms with Gasteiger partial charge in [0, 0.05) is 26.6 Å². The van der Waals surface area contributed by atoms with E-state index in [0.717, 1.165) is 19.0 Å². The normalized spacial score (nSPS) is 16.2. The summed E-state index contributed by atoms with van der Waals surface area (Å²) in [6, 6.07) is 0. The Balaban J connectivity index is 2.11. The van der Waals surface area contributed by atoms with Crippen LogP contribution in [0.25, 0.3) is 0 Å². The molecule has 0 heterocycles. The highest BCUT2D eigenvalue weighted by Crippen LogP contribution is 2.29. The van der Waals surface area contributed by atoms with Gasteiger partial charge in [-0.2, -0.15) is 0 Å². The number of nitrogens with one attached hydrogen (secondary N) is 1. The molecule has 0 aromatic carbocycles. The maximum absolute atomic E-state index is 11.4. The summed E-state index contributed by atoms with van der Waals surface area (Å²) < 4.78 is 0. The highest BCUT2D eigenvalue weighted by Gasteiger charge is 2.24. The second-order valence-electron chi connectivity index (χ2n) is 3.57. The first kappa shape index (κ1) is 9.52. The fourth-order valence-electron chi connectivity index (χ4n) is 1.21. The highest BCUT2D eigenvalue weighted by molar-refractivity contribution is 5.76. The van der Waals surface area contributed by atoms with E-state index in [2.05, 4.69) is 5.32 Å². The lowest BCUT2D eigenvalue weighted by Crippen LogP contribution is -2.30. The van der Waals surface area contributed by atoms with Crippen molar-refractivity contribution in [3.8, 4) is 0 Å². The molecule has 1 amide bonds. The minimum atomic E-state index is 0.260. The number of rotatable bonds is 5. The first-order valence-electron chi connectivity index (χ1n) is 4.62. The Morgan fingerprint density at radius 1 is 1.58 bits per heavy atom. The molecule has 0 bridgehead atoms. The van der Waals surface area contributed by atoms with Crippen molar-refractivity contribution >= 4 is 5.91 Å². The number of nitrogens with zero attached hydrogens (tertiary/aromatic N) is 1. The lowest BCUT2D eigenvalue weighted by atomic mass is 10.3. The number of hydrogen-bond donors (Lipinski definition) is 1. The zero-order valence-corrected chi connectivity index (χ0v) is 7.97. The molecule has 0 atom stereocenters. The molecule has 0 aromatic heterocycles. The van der Waals surface area contributed by atoms with E-state index < -0.39 is 0 Å². The fraction of sp³-hybridized carbons (Fsp3) is 0.889. The van der Waals surface area contributed by atoms with E-state index in [4.69, 9.17) is 0 Å². The average Bonchev–Trinajstić information content (AvgIpc) is 2.83. The minimum Gasteiger partial charge on any atom is -0.345 e. The van der Waals surface area contributed by atoms with Gasteiger partial charge in [-0.05, 0) is 25.8 Å². The van der Waals surface area contributed by atoms with Gasteiger partial charge in [0.05, 0.1) is 0 Å².